The van der Waals surface area contributed by atoms with Gasteiger partial charge in [-0.25, -0.2) is 4.79 Å². The monoisotopic (exact) mass is 338 g/mol. The van der Waals surface area contributed by atoms with Crippen LogP contribution in [0.25, 0.3) is 0 Å². The molecule has 0 aliphatic heterocycles. The lowest BCUT2D eigenvalue weighted by molar-refractivity contribution is 0.0518. The number of nitrogens with zero attached hydrogens (tertiary/aromatic N) is 2. The van der Waals surface area contributed by atoms with Crippen LogP contribution in [0.3, 0.4) is 0 Å². The van der Waals surface area contributed by atoms with Crippen molar-refractivity contribution >= 4 is 21.9 Å². The van der Waals surface area contributed by atoms with E-state index in [1.54, 1.807) is 17.7 Å². The molecule has 20 heavy (non-hydrogen) atoms. The molecule has 1 heterocycles. The van der Waals surface area contributed by atoms with Gasteiger partial charge in [-0.3, -0.25) is 4.68 Å². The summed E-state index contributed by atoms with van der Waals surface area (Å²) in [4.78, 5) is 11.6. The molecule has 0 aliphatic rings. The standard InChI is InChI=1S/C14H15BrN2O3/c1-2-20-14(19)13-7-12(9-18)17(16-13)8-10-4-3-5-11(15)6-10/h3-7,18H,2,8-9H2,1H3. The zero-order chi connectivity index (χ0) is 14.5. The summed E-state index contributed by atoms with van der Waals surface area (Å²) in [7, 11) is 0. The van der Waals surface area contributed by atoms with E-state index in [2.05, 4.69) is 21.0 Å². The highest BCUT2D eigenvalue weighted by Crippen LogP contribution is 2.14. The number of hydrogen-bond donors (Lipinski definition) is 1. The van der Waals surface area contributed by atoms with E-state index < -0.39 is 5.97 Å². The number of halogens is 1. The molecule has 6 heteroatoms. The Balaban J connectivity index is 2.24. The third-order valence-electron chi connectivity index (χ3n) is 2.73. The molecule has 5 nitrogen and oxygen atoms in total. The number of ether oxygens (including phenoxy) is 1. The average Bonchev–Trinajstić information content (AvgIpc) is 2.82. The van der Waals surface area contributed by atoms with Crippen LogP contribution in [0.2, 0.25) is 0 Å². The van der Waals surface area contributed by atoms with E-state index in [1.165, 1.54) is 0 Å². The zero-order valence-corrected chi connectivity index (χ0v) is 12.6. The van der Waals surface area contributed by atoms with Gasteiger partial charge in [0.25, 0.3) is 0 Å². The smallest absolute Gasteiger partial charge is 0.358 e. The second kappa shape index (κ2) is 6.67. The molecule has 1 aromatic carbocycles. The van der Waals surface area contributed by atoms with Gasteiger partial charge in [-0.1, -0.05) is 28.1 Å². The van der Waals surface area contributed by atoms with Crippen molar-refractivity contribution in [3.05, 3.63) is 51.8 Å². The summed E-state index contributed by atoms with van der Waals surface area (Å²) in [6, 6.07) is 9.33. The molecule has 2 rings (SSSR count). The Kier molecular flexibility index (Phi) is 4.92. The Morgan fingerprint density at radius 1 is 1.45 bits per heavy atom. The van der Waals surface area contributed by atoms with Crippen LogP contribution in [0, 0.1) is 0 Å². The molecule has 0 radical (unpaired) electrons. The first-order valence-corrected chi connectivity index (χ1v) is 7.02. The largest absolute Gasteiger partial charge is 0.461 e. The van der Waals surface area contributed by atoms with Gasteiger partial charge in [0.05, 0.1) is 25.5 Å². The first kappa shape index (κ1) is 14.7. The first-order valence-electron chi connectivity index (χ1n) is 6.23. The minimum Gasteiger partial charge on any atom is -0.461 e. The van der Waals surface area contributed by atoms with Crippen LogP contribution in [0.5, 0.6) is 0 Å². The summed E-state index contributed by atoms with van der Waals surface area (Å²) in [5, 5.41) is 13.5. The fraction of sp³-hybridized carbons (Fsp3) is 0.286. The predicted molar refractivity (Wildman–Crippen MR) is 77.4 cm³/mol. The number of benzene rings is 1. The van der Waals surface area contributed by atoms with Gasteiger partial charge in [-0.15, -0.1) is 0 Å². The van der Waals surface area contributed by atoms with E-state index in [9.17, 15) is 9.90 Å². The number of hydrogen-bond acceptors (Lipinski definition) is 4. The molecule has 0 fully saturated rings. The predicted octanol–water partition coefficient (Wildman–Crippen LogP) is 2.36. The van der Waals surface area contributed by atoms with Gasteiger partial charge in [0.2, 0.25) is 0 Å². The van der Waals surface area contributed by atoms with Crippen molar-refractivity contribution in [1.29, 1.82) is 0 Å². The summed E-state index contributed by atoms with van der Waals surface area (Å²) < 4.78 is 7.48. The summed E-state index contributed by atoms with van der Waals surface area (Å²) in [5.41, 5.74) is 1.81. The molecule has 0 saturated carbocycles. The lowest BCUT2D eigenvalue weighted by Crippen LogP contribution is -2.09. The first-order chi connectivity index (χ1) is 9.63. The third kappa shape index (κ3) is 3.46. The average molecular weight is 339 g/mol. The molecule has 0 atom stereocenters. The normalized spacial score (nSPS) is 10.6. The minimum atomic E-state index is -0.477. The highest BCUT2D eigenvalue weighted by molar-refractivity contribution is 9.10. The number of esters is 1. The summed E-state index contributed by atoms with van der Waals surface area (Å²) in [5.74, 6) is -0.477. The van der Waals surface area contributed by atoms with Gasteiger partial charge in [0, 0.05) is 4.47 Å². The quantitative estimate of drug-likeness (QED) is 0.850. The Morgan fingerprint density at radius 2 is 2.25 bits per heavy atom. The molecule has 0 unspecified atom stereocenters. The van der Waals surface area contributed by atoms with Crippen LogP contribution >= 0.6 is 15.9 Å². The van der Waals surface area contributed by atoms with E-state index in [0.717, 1.165) is 10.0 Å². The van der Waals surface area contributed by atoms with Crippen molar-refractivity contribution in [1.82, 2.24) is 9.78 Å². The van der Waals surface area contributed by atoms with Crippen LogP contribution in [0.1, 0.15) is 28.7 Å². The number of aliphatic hydroxyl groups is 1. The summed E-state index contributed by atoms with van der Waals surface area (Å²) >= 11 is 3.41. The van der Waals surface area contributed by atoms with Crippen LogP contribution in [-0.2, 0) is 17.9 Å². The van der Waals surface area contributed by atoms with Crippen molar-refractivity contribution in [3.63, 3.8) is 0 Å². The minimum absolute atomic E-state index is 0.180. The SMILES string of the molecule is CCOC(=O)c1cc(CO)n(Cc2cccc(Br)c2)n1. The number of aromatic nitrogens is 2. The summed E-state index contributed by atoms with van der Waals surface area (Å²) in [6.07, 6.45) is 0. The van der Waals surface area contributed by atoms with E-state index in [1.807, 2.05) is 24.3 Å². The van der Waals surface area contributed by atoms with Crippen molar-refractivity contribution < 1.29 is 14.6 Å². The van der Waals surface area contributed by atoms with Crippen molar-refractivity contribution in [2.45, 2.75) is 20.1 Å². The molecule has 106 valence electrons. The second-order valence-corrected chi connectivity index (χ2v) is 5.10. The number of rotatable bonds is 5. The maximum Gasteiger partial charge on any atom is 0.358 e. The molecule has 0 bridgehead atoms. The van der Waals surface area contributed by atoms with Crippen molar-refractivity contribution in [3.8, 4) is 0 Å². The Hall–Kier alpha value is -1.66. The molecule has 0 saturated heterocycles. The van der Waals surface area contributed by atoms with Crippen LogP contribution < -0.4 is 0 Å². The van der Waals surface area contributed by atoms with Crippen LogP contribution in [0.4, 0.5) is 0 Å². The Morgan fingerprint density at radius 3 is 2.90 bits per heavy atom. The van der Waals surface area contributed by atoms with Gasteiger partial charge in [0.15, 0.2) is 5.69 Å². The van der Waals surface area contributed by atoms with E-state index in [4.69, 9.17) is 4.74 Å². The van der Waals surface area contributed by atoms with E-state index in [-0.39, 0.29) is 12.3 Å². The summed E-state index contributed by atoms with van der Waals surface area (Å²) in [6.45, 7) is 2.34. The Bertz CT molecular complexity index is 610. The second-order valence-electron chi connectivity index (χ2n) is 4.19. The maximum atomic E-state index is 11.6. The van der Waals surface area contributed by atoms with Crippen molar-refractivity contribution in [2.24, 2.45) is 0 Å². The van der Waals surface area contributed by atoms with Crippen LogP contribution in [-0.4, -0.2) is 27.5 Å². The number of carbonyl (C=O) groups is 1. The van der Waals surface area contributed by atoms with Gasteiger partial charge in [-0.2, -0.15) is 5.10 Å². The molecular formula is C14H15BrN2O3. The van der Waals surface area contributed by atoms with E-state index in [0.29, 0.717) is 18.8 Å². The Labute approximate surface area is 125 Å². The number of aliphatic hydroxyl groups excluding tert-OH is 1. The zero-order valence-electron chi connectivity index (χ0n) is 11.0. The lowest BCUT2D eigenvalue weighted by atomic mass is 10.2. The lowest BCUT2D eigenvalue weighted by Gasteiger charge is -2.06. The number of carbonyl (C=O) groups excluding carboxylic acids is 1. The van der Waals surface area contributed by atoms with Crippen LogP contribution in [0.15, 0.2) is 34.8 Å². The molecule has 1 aromatic heterocycles. The topological polar surface area (TPSA) is 64.3 Å². The van der Waals surface area contributed by atoms with E-state index >= 15 is 0 Å². The van der Waals surface area contributed by atoms with Gasteiger partial charge in [0.1, 0.15) is 0 Å². The molecule has 0 spiro atoms. The fourth-order valence-corrected chi connectivity index (χ4v) is 2.28. The van der Waals surface area contributed by atoms with Gasteiger partial charge in [-0.05, 0) is 30.7 Å². The van der Waals surface area contributed by atoms with Crippen molar-refractivity contribution in [2.75, 3.05) is 6.61 Å². The fourth-order valence-electron chi connectivity index (χ4n) is 1.83. The highest BCUT2D eigenvalue weighted by atomic mass is 79.9. The molecule has 2 aromatic rings. The molecular weight excluding hydrogens is 324 g/mol. The maximum absolute atomic E-state index is 11.6. The molecule has 0 aliphatic carbocycles. The molecule has 0 amide bonds. The highest BCUT2D eigenvalue weighted by Gasteiger charge is 2.15. The van der Waals surface area contributed by atoms with Gasteiger partial charge < -0.3 is 9.84 Å². The van der Waals surface area contributed by atoms with Gasteiger partial charge >= 0.3 is 5.97 Å². The third-order valence-corrected chi connectivity index (χ3v) is 3.22. The molecule has 1 N–H and O–H groups in total.